The predicted octanol–water partition coefficient (Wildman–Crippen LogP) is 2.91. The van der Waals surface area contributed by atoms with Crippen LogP contribution in [-0.4, -0.2) is 12.9 Å². The van der Waals surface area contributed by atoms with Gasteiger partial charge in [0.1, 0.15) is 17.3 Å². The third-order valence-electron chi connectivity index (χ3n) is 2.51. The molecule has 0 saturated carbocycles. The third-order valence-corrected chi connectivity index (χ3v) is 2.51. The van der Waals surface area contributed by atoms with E-state index in [1.54, 1.807) is 31.4 Å². The van der Waals surface area contributed by atoms with Crippen molar-refractivity contribution in [1.82, 2.24) is 0 Å². The predicted molar refractivity (Wildman–Crippen MR) is 70.5 cm³/mol. The van der Waals surface area contributed by atoms with Crippen LogP contribution in [0.15, 0.2) is 42.5 Å². The zero-order chi connectivity index (χ0) is 13.8. The molecule has 0 unspecified atom stereocenters. The number of hydrogen-bond donors (Lipinski definition) is 2. The Kier molecular flexibility index (Phi) is 3.66. The van der Waals surface area contributed by atoms with Crippen LogP contribution >= 0.6 is 0 Å². The molecule has 5 heteroatoms. The summed E-state index contributed by atoms with van der Waals surface area (Å²) in [6, 6.07) is 11.0. The first-order chi connectivity index (χ1) is 9.10. The average molecular weight is 260 g/mol. The van der Waals surface area contributed by atoms with Gasteiger partial charge in [-0.25, -0.2) is 4.39 Å². The summed E-state index contributed by atoms with van der Waals surface area (Å²) in [4.78, 5) is 0. The highest BCUT2D eigenvalue weighted by atomic mass is 19.1. The summed E-state index contributed by atoms with van der Waals surface area (Å²) >= 11 is 0. The van der Waals surface area contributed by atoms with Crippen LogP contribution in [0.3, 0.4) is 0 Å². The fraction of sp³-hybridized carbons (Fsp3) is 0.0714. The van der Waals surface area contributed by atoms with Crippen molar-refractivity contribution in [3.8, 4) is 17.2 Å². The first-order valence-corrected chi connectivity index (χ1v) is 5.56. The summed E-state index contributed by atoms with van der Waals surface area (Å²) in [7, 11) is 1.54. The quantitative estimate of drug-likeness (QED) is 0.656. The average Bonchev–Trinajstić information content (AvgIpc) is 2.41. The summed E-state index contributed by atoms with van der Waals surface area (Å²) in [5.41, 5.74) is 5.60. The second-order valence-electron chi connectivity index (χ2n) is 3.84. The van der Waals surface area contributed by atoms with Crippen molar-refractivity contribution in [1.29, 1.82) is 5.41 Å². The molecule has 98 valence electrons. The lowest BCUT2D eigenvalue weighted by molar-refractivity contribution is 0.405. The highest BCUT2D eigenvalue weighted by molar-refractivity contribution is 5.95. The largest absolute Gasteiger partial charge is 0.497 e. The molecule has 0 bridgehead atoms. The Morgan fingerprint density at radius 1 is 1.16 bits per heavy atom. The Hall–Kier alpha value is -2.56. The summed E-state index contributed by atoms with van der Waals surface area (Å²) in [5.74, 6) is 0.396. The van der Waals surface area contributed by atoms with E-state index in [0.29, 0.717) is 17.1 Å². The number of rotatable bonds is 4. The van der Waals surface area contributed by atoms with Gasteiger partial charge in [0, 0.05) is 11.6 Å². The van der Waals surface area contributed by atoms with Crippen molar-refractivity contribution in [3.63, 3.8) is 0 Å². The van der Waals surface area contributed by atoms with Crippen LogP contribution in [-0.2, 0) is 0 Å². The second-order valence-corrected chi connectivity index (χ2v) is 3.84. The topological polar surface area (TPSA) is 68.3 Å². The summed E-state index contributed by atoms with van der Waals surface area (Å²) in [5, 5.41) is 7.23. The highest BCUT2D eigenvalue weighted by Gasteiger charge is 2.08. The number of halogens is 1. The van der Waals surface area contributed by atoms with Gasteiger partial charge in [0.25, 0.3) is 0 Å². The molecule has 0 aliphatic heterocycles. The van der Waals surface area contributed by atoms with E-state index in [4.69, 9.17) is 20.6 Å². The van der Waals surface area contributed by atoms with E-state index >= 15 is 0 Å². The zero-order valence-electron chi connectivity index (χ0n) is 10.3. The first kappa shape index (κ1) is 12.9. The van der Waals surface area contributed by atoms with Crippen molar-refractivity contribution < 1.29 is 13.9 Å². The number of nitrogen functional groups attached to an aromatic ring is 1. The molecule has 4 nitrogen and oxygen atoms in total. The summed E-state index contributed by atoms with van der Waals surface area (Å²) < 4.78 is 24.2. The molecular formula is C14H13FN2O2. The van der Waals surface area contributed by atoms with Crippen molar-refractivity contribution in [3.05, 3.63) is 53.8 Å². The Morgan fingerprint density at radius 2 is 1.89 bits per heavy atom. The molecule has 0 amide bonds. The molecule has 0 spiro atoms. The maximum absolute atomic E-state index is 13.8. The van der Waals surface area contributed by atoms with E-state index < -0.39 is 5.82 Å². The molecule has 0 atom stereocenters. The molecule has 0 saturated heterocycles. The van der Waals surface area contributed by atoms with Gasteiger partial charge in [0.2, 0.25) is 0 Å². The molecular weight excluding hydrogens is 247 g/mol. The van der Waals surface area contributed by atoms with E-state index in [0.717, 1.165) is 6.07 Å². The maximum Gasteiger partial charge on any atom is 0.166 e. The molecule has 2 aromatic carbocycles. The lowest BCUT2D eigenvalue weighted by atomic mass is 10.2. The Morgan fingerprint density at radius 3 is 2.53 bits per heavy atom. The molecule has 2 aromatic rings. The molecule has 0 radical (unpaired) electrons. The van der Waals surface area contributed by atoms with Crippen LogP contribution in [0.4, 0.5) is 4.39 Å². The molecule has 0 aromatic heterocycles. The van der Waals surface area contributed by atoms with Gasteiger partial charge in [0.05, 0.1) is 7.11 Å². The Labute approximate surface area is 110 Å². The lowest BCUT2D eigenvalue weighted by Crippen LogP contribution is -2.11. The van der Waals surface area contributed by atoms with Crippen molar-refractivity contribution in [2.24, 2.45) is 5.73 Å². The van der Waals surface area contributed by atoms with Gasteiger partial charge in [-0.2, -0.15) is 0 Å². The van der Waals surface area contributed by atoms with Crippen molar-refractivity contribution in [2.45, 2.75) is 0 Å². The number of benzene rings is 2. The SMILES string of the molecule is COc1cccc(Oc2ccc(C(=N)N)cc2F)c1. The van der Waals surface area contributed by atoms with Gasteiger partial charge in [-0.05, 0) is 30.3 Å². The first-order valence-electron chi connectivity index (χ1n) is 5.56. The van der Waals surface area contributed by atoms with Gasteiger partial charge in [-0.15, -0.1) is 0 Å². The van der Waals surface area contributed by atoms with Gasteiger partial charge in [-0.3, -0.25) is 5.41 Å². The van der Waals surface area contributed by atoms with E-state index in [-0.39, 0.29) is 11.6 Å². The lowest BCUT2D eigenvalue weighted by Gasteiger charge is -2.09. The minimum absolute atomic E-state index is 0.0678. The number of hydrogen-bond acceptors (Lipinski definition) is 3. The van der Waals surface area contributed by atoms with E-state index in [1.807, 2.05) is 0 Å². The number of nitrogens with two attached hydrogens (primary N) is 1. The fourth-order valence-electron chi connectivity index (χ4n) is 1.54. The van der Waals surface area contributed by atoms with Crippen molar-refractivity contribution >= 4 is 5.84 Å². The normalized spacial score (nSPS) is 10.0. The van der Waals surface area contributed by atoms with E-state index in [9.17, 15) is 4.39 Å². The molecule has 3 N–H and O–H groups in total. The summed E-state index contributed by atoms with van der Waals surface area (Å²) in [6.45, 7) is 0. The van der Waals surface area contributed by atoms with Gasteiger partial charge >= 0.3 is 0 Å². The monoisotopic (exact) mass is 260 g/mol. The van der Waals surface area contributed by atoms with Gasteiger partial charge in [-0.1, -0.05) is 6.07 Å². The summed E-state index contributed by atoms with van der Waals surface area (Å²) in [6.07, 6.45) is 0. The standard InChI is InChI=1S/C14H13FN2O2/c1-18-10-3-2-4-11(8-10)19-13-6-5-9(14(16)17)7-12(13)15/h2-8H,1H3,(H3,16,17). The van der Waals surface area contributed by atoms with Gasteiger partial charge in [0.15, 0.2) is 11.6 Å². The molecule has 0 heterocycles. The number of amidine groups is 1. The number of ether oxygens (including phenoxy) is 2. The van der Waals surface area contributed by atoms with Crippen LogP contribution in [0.25, 0.3) is 0 Å². The Bertz CT molecular complexity index is 614. The van der Waals surface area contributed by atoms with E-state index in [1.165, 1.54) is 12.1 Å². The van der Waals surface area contributed by atoms with Crippen LogP contribution in [0.1, 0.15) is 5.56 Å². The maximum atomic E-state index is 13.8. The van der Waals surface area contributed by atoms with Crippen LogP contribution in [0.5, 0.6) is 17.2 Å². The molecule has 19 heavy (non-hydrogen) atoms. The number of nitrogens with one attached hydrogen (secondary N) is 1. The van der Waals surface area contributed by atoms with E-state index in [2.05, 4.69) is 0 Å². The van der Waals surface area contributed by atoms with Crippen LogP contribution in [0, 0.1) is 11.2 Å². The highest BCUT2D eigenvalue weighted by Crippen LogP contribution is 2.27. The van der Waals surface area contributed by atoms with Crippen LogP contribution in [0.2, 0.25) is 0 Å². The number of methoxy groups -OCH3 is 1. The minimum Gasteiger partial charge on any atom is -0.497 e. The molecule has 0 aliphatic carbocycles. The third kappa shape index (κ3) is 3.01. The molecule has 0 fully saturated rings. The Balaban J connectivity index is 2.25. The minimum atomic E-state index is -0.574. The molecule has 2 rings (SSSR count). The fourth-order valence-corrected chi connectivity index (χ4v) is 1.54. The zero-order valence-corrected chi connectivity index (χ0v) is 10.3. The second kappa shape index (κ2) is 5.39. The van der Waals surface area contributed by atoms with Gasteiger partial charge < -0.3 is 15.2 Å². The molecule has 0 aliphatic rings. The van der Waals surface area contributed by atoms with Crippen LogP contribution < -0.4 is 15.2 Å². The smallest absolute Gasteiger partial charge is 0.166 e. The van der Waals surface area contributed by atoms with Crippen molar-refractivity contribution in [2.75, 3.05) is 7.11 Å².